The van der Waals surface area contributed by atoms with Crippen molar-refractivity contribution in [3.63, 3.8) is 0 Å². The second kappa shape index (κ2) is 8.00. The van der Waals surface area contributed by atoms with Crippen LogP contribution in [0.15, 0.2) is 65.7 Å². The molecular weight excluding hydrogens is 440 g/mol. The van der Waals surface area contributed by atoms with Gasteiger partial charge in [0.15, 0.2) is 5.13 Å². The van der Waals surface area contributed by atoms with Gasteiger partial charge in [0.25, 0.3) is 17.2 Å². The molecule has 32 heavy (non-hydrogen) atoms. The fourth-order valence-electron chi connectivity index (χ4n) is 3.39. The number of nitro benzene ring substituents is 2. The lowest BCUT2D eigenvalue weighted by atomic mass is 9.95. The van der Waals surface area contributed by atoms with Gasteiger partial charge in [-0.15, -0.1) is 11.3 Å². The normalized spacial score (nSPS) is 17.5. The highest BCUT2D eigenvalue weighted by molar-refractivity contribution is 7.14. The van der Waals surface area contributed by atoms with Gasteiger partial charge in [0.05, 0.1) is 21.5 Å². The van der Waals surface area contributed by atoms with Crippen LogP contribution in [0.4, 0.5) is 16.5 Å². The molecule has 4 rings (SSSR count). The summed E-state index contributed by atoms with van der Waals surface area (Å²) >= 11 is 1.08. The van der Waals surface area contributed by atoms with Crippen LogP contribution >= 0.6 is 11.3 Å². The lowest BCUT2D eigenvalue weighted by Gasteiger charge is -2.22. The highest BCUT2D eigenvalue weighted by Crippen LogP contribution is 2.43. The molecule has 12 heteroatoms. The van der Waals surface area contributed by atoms with E-state index in [1.54, 1.807) is 5.38 Å². The Kier molecular flexibility index (Phi) is 5.20. The predicted octanol–water partition coefficient (Wildman–Crippen LogP) is 3.59. The van der Waals surface area contributed by atoms with E-state index in [1.807, 2.05) is 0 Å². The van der Waals surface area contributed by atoms with Crippen LogP contribution in [0.5, 0.6) is 0 Å². The van der Waals surface area contributed by atoms with E-state index in [9.17, 15) is 34.9 Å². The number of aromatic nitrogens is 1. The number of carbonyl (C=O) groups excluding carboxylic acids is 2. The first-order valence-electron chi connectivity index (χ1n) is 8.99. The van der Waals surface area contributed by atoms with Crippen LogP contribution in [0.3, 0.4) is 0 Å². The van der Waals surface area contributed by atoms with Crippen LogP contribution < -0.4 is 4.90 Å². The molecule has 1 N–H and O–H groups in total. The number of aliphatic hydroxyl groups is 1. The first-order chi connectivity index (χ1) is 15.3. The number of ketones is 1. The van der Waals surface area contributed by atoms with Gasteiger partial charge in [-0.25, -0.2) is 4.98 Å². The lowest BCUT2D eigenvalue weighted by Crippen LogP contribution is -2.29. The molecule has 0 aliphatic carbocycles. The van der Waals surface area contributed by atoms with Gasteiger partial charge in [0.1, 0.15) is 5.76 Å². The quantitative estimate of drug-likeness (QED) is 0.202. The van der Waals surface area contributed by atoms with Gasteiger partial charge >= 0.3 is 5.91 Å². The Labute approximate surface area is 183 Å². The third-order valence-electron chi connectivity index (χ3n) is 4.82. The predicted molar refractivity (Wildman–Crippen MR) is 113 cm³/mol. The molecule has 2 aromatic carbocycles. The van der Waals surface area contributed by atoms with Crippen LogP contribution in [-0.4, -0.2) is 31.6 Å². The summed E-state index contributed by atoms with van der Waals surface area (Å²) in [6.45, 7) is 0. The Morgan fingerprint density at radius 1 is 1.03 bits per heavy atom. The molecule has 1 amide bonds. The molecule has 0 saturated carbocycles. The van der Waals surface area contributed by atoms with Crippen LogP contribution in [0.2, 0.25) is 0 Å². The number of benzene rings is 2. The summed E-state index contributed by atoms with van der Waals surface area (Å²) in [5, 5.41) is 34.8. The van der Waals surface area contributed by atoms with E-state index in [0.29, 0.717) is 0 Å². The Balaban J connectivity index is 1.92. The van der Waals surface area contributed by atoms with Gasteiger partial charge in [-0.05, 0) is 17.7 Å². The Hall–Kier alpha value is -4.45. The van der Waals surface area contributed by atoms with Crippen molar-refractivity contribution in [3.8, 4) is 0 Å². The maximum atomic E-state index is 12.9. The Morgan fingerprint density at radius 3 is 2.31 bits per heavy atom. The molecule has 1 fully saturated rings. The maximum Gasteiger partial charge on any atom is 0.301 e. The minimum atomic E-state index is -1.18. The smallest absolute Gasteiger partial charge is 0.301 e. The molecule has 0 bridgehead atoms. The molecule has 0 spiro atoms. The van der Waals surface area contributed by atoms with Gasteiger partial charge in [-0.3, -0.25) is 34.7 Å². The third-order valence-corrected chi connectivity index (χ3v) is 5.59. The summed E-state index contributed by atoms with van der Waals surface area (Å²) in [5.74, 6) is -2.53. The van der Waals surface area contributed by atoms with Crippen molar-refractivity contribution in [2.75, 3.05) is 4.90 Å². The zero-order chi connectivity index (χ0) is 23.0. The number of carbonyl (C=O) groups is 2. The molecular formula is C20H12N4O7S. The van der Waals surface area contributed by atoms with Crippen molar-refractivity contribution in [1.82, 2.24) is 4.98 Å². The zero-order valence-electron chi connectivity index (χ0n) is 15.9. The number of thiazole rings is 1. The van der Waals surface area contributed by atoms with Gasteiger partial charge in [-0.1, -0.05) is 12.1 Å². The number of nitro groups is 2. The molecule has 0 radical (unpaired) electrons. The largest absolute Gasteiger partial charge is 0.507 e. The number of nitrogens with zero attached hydrogens (tertiary/aromatic N) is 4. The Bertz CT molecular complexity index is 1290. The third kappa shape index (κ3) is 3.48. The SMILES string of the molecule is O=C1C(=O)N(c2nccs2)[C@@H](c2cccc([N+](=O)[O-])c2)C1=C(O)c1ccc([N+](=O)[O-])cc1. The number of anilines is 1. The van der Waals surface area contributed by atoms with Crippen molar-refractivity contribution in [1.29, 1.82) is 0 Å². The lowest BCUT2D eigenvalue weighted by molar-refractivity contribution is -0.385. The van der Waals surface area contributed by atoms with Crippen LogP contribution in [0.1, 0.15) is 17.2 Å². The summed E-state index contributed by atoms with van der Waals surface area (Å²) in [5.41, 5.74) is -0.498. The minimum Gasteiger partial charge on any atom is -0.507 e. The number of rotatable bonds is 5. The van der Waals surface area contributed by atoms with E-state index < -0.39 is 33.3 Å². The van der Waals surface area contributed by atoms with E-state index in [4.69, 9.17) is 0 Å². The van der Waals surface area contributed by atoms with Gasteiger partial charge < -0.3 is 5.11 Å². The fourth-order valence-corrected chi connectivity index (χ4v) is 4.05. The summed E-state index contributed by atoms with van der Waals surface area (Å²) in [6, 6.07) is 8.97. The molecule has 0 unspecified atom stereocenters. The maximum absolute atomic E-state index is 12.9. The molecule has 160 valence electrons. The number of amides is 1. The van der Waals surface area contributed by atoms with Crippen LogP contribution in [0, 0.1) is 20.2 Å². The number of Topliss-reactive ketones (excluding diaryl/α,β-unsaturated/α-hetero) is 1. The molecule has 1 atom stereocenters. The molecule has 1 saturated heterocycles. The van der Waals surface area contributed by atoms with Gasteiger partial charge in [0, 0.05) is 41.4 Å². The molecule has 1 aromatic heterocycles. The minimum absolute atomic E-state index is 0.0724. The number of aliphatic hydroxyl groups excluding tert-OH is 1. The number of non-ortho nitro benzene ring substituents is 2. The molecule has 2 heterocycles. The van der Waals surface area contributed by atoms with Gasteiger partial charge in [-0.2, -0.15) is 0 Å². The Morgan fingerprint density at radius 2 is 1.72 bits per heavy atom. The molecule has 11 nitrogen and oxygen atoms in total. The van der Waals surface area contributed by atoms with E-state index >= 15 is 0 Å². The monoisotopic (exact) mass is 452 g/mol. The molecule has 1 aliphatic rings. The molecule has 3 aromatic rings. The topological polar surface area (TPSA) is 157 Å². The highest BCUT2D eigenvalue weighted by atomic mass is 32.1. The summed E-state index contributed by atoms with van der Waals surface area (Å²) in [6.07, 6.45) is 1.43. The second-order valence-electron chi connectivity index (χ2n) is 6.64. The zero-order valence-corrected chi connectivity index (χ0v) is 16.8. The van der Waals surface area contributed by atoms with Crippen molar-refractivity contribution in [2.24, 2.45) is 0 Å². The van der Waals surface area contributed by atoms with Crippen molar-refractivity contribution >= 4 is 45.3 Å². The highest BCUT2D eigenvalue weighted by Gasteiger charge is 2.48. The first-order valence-corrected chi connectivity index (χ1v) is 9.87. The number of hydrogen-bond acceptors (Lipinski definition) is 9. The van der Waals surface area contributed by atoms with Crippen LogP contribution in [-0.2, 0) is 9.59 Å². The summed E-state index contributed by atoms with van der Waals surface area (Å²) < 4.78 is 0. The van der Waals surface area contributed by atoms with E-state index in [1.165, 1.54) is 42.6 Å². The second-order valence-corrected chi connectivity index (χ2v) is 7.51. The first kappa shape index (κ1) is 20.8. The summed E-state index contributed by atoms with van der Waals surface area (Å²) in [7, 11) is 0. The standard InChI is InChI=1S/C20H12N4O7S/c25-17(11-4-6-13(7-5-11)23(28)29)15-16(12-2-1-3-14(10-12)24(30)31)22(19(27)18(15)26)20-21-8-9-32-20/h1-10,16,25H/t16-/m0/s1. The van der Waals surface area contributed by atoms with Gasteiger partial charge in [0.2, 0.25) is 0 Å². The summed E-state index contributed by atoms with van der Waals surface area (Å²) in [4.78, 5) is 51.9. The molecule has 1 aliphatic heterocycles. The van der Waals surface area contributed by atoms with Crippen molar-refractivity contribution in [2.45, 2.75) is 6.04 Å². The van der Waals surface area contributed by atoms with E-state index in [0.717, 1.165) is 28.4 Å². The number of hydrogen-bond donors (Lipinski definition) is 1. The van der Waals surface area contributed by atoms with E-state index in [2.05, 4.69) is 4.98 Å². The van der Waals surface area contributed by atoms with Crippen LogP contribution in [0.25, 0.3) is 5.76 Å². The van der Waals surface area contributed by atoms with Crippen molar-refractivity contribution in [3.05, 3.63) is 97.0 Å². The average molecular weight is 452 g/mol. The van der Waals surface area contributed by atoms with Crippen molar-refractivity contribution < 1.29 is 24.5 Å². The van der Waals surface area contributed by atoms with E-state index in [-0.39, 0.29) is 33.2 Å². The fraction of sp³-hybridized carbons (Fsp3) is 0.0500. The average Bonchev–Trinajstić information content (AvgIpc) is 3.40.